The zero-order valence-electron chi connectivity index (χ0n) is 19.6. The number of methoxy groups -OCH3 is 1. The highest BCUT2D eigenvalue weighted by molar-refractivity contribution is 9.10. The molecule has 0 radical (unpaired) electrons. The average Bonchev–Trinajstić information content (AvgIpc) is 2.69. The van der Waals surface area contributed by atoms with E-state index < -0.39 is 0 Å². The summed E-state index contributed by atoms with van der Waals surface area (Å²) in [5, 5.41) is 5.22. The molecule has 178 valence electrons. The van der Waals surface area contributed by atoms with Crippen LogP contribution in [0.2, 0.25) is 10.0 Å². The Morgan fingerprint density at radius 2 is 1.76 bits per heavy atom. The van der Waals surface area contributed by atoms with Gasteiger partial charge in [0.05, 0.1) is 11.6 Å². The minimum Gasteiger partial charge on any atom is -0.493 e. The lowest BCUT2D eigenvalue weighted by Crippen LogP contribution is -2.63. The number of nitrogens with one attached hydrogen (secondary N) is 1. The van der Waals surface area contributed by atoms with Crippen LogP contribution < -0.4 is 14.8 Å². The van der Waals surface area contributed by atoms with Crippen LogP contribution in [0, 0.1) is 16.7 Å². The minimum atomic E-state index is 0.267. The van der Waals surface area contributed by atoms with E-state index in [4.69, 9.17) is 32.7 Å². The van der Waals surface area contributed by atoms with Crippen molar-refractivity contribution in [3.05, 3.63) is 56.0 Å². The van der Waals surface area contributed by atoms with E-state index >= 15 is 0 Å². The van der Waals surface area contributed by atoms with Gasteiger partial charge in [-0.2, -0.15) is 0 Å². The van der Waals surface area contributed by atoms with Crippen LogP contribution in [0.15, 0.2) is 34.8 Å². The van der Waals surface area contributed by atoms with Crippen LogP contribution in [0.1, 0.15) is 63.5 Å². The van der Waals surface area contributed by atoms with E-state index in [2.05, 4.69) is 47.2 Å². The van der Waals surface area contributed by atoms with E-state index in [0.29, 0.717) is 33.2 Å². The fourth-order valence-corrected chi connectivity index (χ4v) is 8.81. The summed E-state index contributed by atoms with van der Waals surface area (Å²) < 4.78 is 12.7. The zero-order chi connectivity index (χ0) is 23.4. The highest BCUT2D eigenvalue weighted by Gasteiger charge is 2.59. The van der Waals surface area contributed by atoms with Gasteiger partial charge in [0.1, 0.15) is 6.61 Å². The number of hydrogen-bond donors (Lipinski definition) is 1. The number of rotatable bonds is 7. The molecule has 2 aromatic rings. The third kappa shape index (κ3) is 4.78. The molecule has 2 aromatic carbocycles. The van der Waals surface area contributed by atoms with E-state index in [1.807, 2.05) is 12.1 Å². The van der Waals surface area contributed by atoms with Crippen molar-refractivity contribution in [3.63, 3.8) is 0 Å². The predicted octanol–water partition coefficient (Wildman–Crippen LogP) is 8.18. The molecule has 0 heterocycles. The van der Waals surface area contributed by atoms with Crippen molar-refractivity contribution in [1.82, 2.24) is 5.32 Å². The molecule has 0 saturated heterocycles. The SMILES string of the molecule is COc1cc(CNC23CC4CC(C)(CC(C)(C4)C2)C3)cc(Br)c1OCc1ccc(Cl)cc1Cl. The van der Waals surface area contributed by atoms with Crippen molar-refractivity contribution in [2.75, 3.05) is 7.11 Å². The Hall–Kier alpha value is -0.940. The van der Waals surface area contributed by atoms with Crippen molar-refractivity contribution in [2.24, 2.45) is 16.7 Å². The first kappa shape index (κ1) is 23.8. The summed E-state index contributed by atoms with van der Waals surface area (Å²) in [7, 11) is 1.68. The van der Waals surface area contributed by atoms with Gasteiger partial charge >= 0.3 is 0 Å². The molecular weight excluding hydrogens is 521 g/mol. The molecule has 2 atom stereocenters. The van der Waals surface area contributed by atoms with E-state index in [0.717, 1.165) is 28.2 Å². The third-order valence-electron chi connectivity index (χ3n) is 7.97. The summed E-state index contributed by atoms with van der Waals surface area (Å²) in [6.45, 7) is 6.21. The largest absolute Gasteiger partial charge is 0.493 e. The van der Waals surface area contributed by atoms with Crippen molar-refractivity contribution < 1.29 is 9.47 Å². The van der Waals surface area contributed by atoms with Crippen molar-refractivity contribution in [1.29, 1.82) is 0 Å². The second kappa shape index (κ2) is 8.62. The number of benzene rings is 2. The van der Waals surface area contributed by atoms with E-state index in [-0.39, 0.29) is 5.54 Å². The van der Waals surface area contributed by atoms with E-state index in [9.17, 15) is 0 Å². The first-order valence-electron chi connectivity index (χ1n) is 11.8. The number of hydrogen-bond acceptors (Lipinski definition) is 3. The molecule has 6 rings (SSSR count). The molecule has 0 amide bonds. The Balaban J connectivity index is 1.30. The van der Waals surface area contributed by atoms with Gasteiger partial charge in [-0.3, -0.25) is 0 Å². The second-order valence-corrected chi connectivity index (χ2v) is 13.1. The summed E-state index contributed by atoms with van der Waals surface area (Å²) >= 11 is 16.0. The smallest absolute Gasteiger partial charge is 0.175 e. The highest BCUT2D eigenvalue weighted by atomic mass is 79.9. The zero-order valence-corrected chi connectivity index (χ0v) is 22.7. The molecule has 4 fully saturated rings. The van der Waals surface area contributed by atoms with Crippen LogP contribution in [0.3, 0.4) is 0 Å². The Morgan fingerprint density at radius 1 is 1.03 bits per heavy atom. The maximum Gasteiger partial charge on any atom is 0.175 e. The van der Waals surface area contributed by atoms with Crippen LogP contribution in [-0.2, 0) is 13.2 Å². The molecule has 4 aliphatic carbocycles. The van der Waals surface area contributed by atoms with Gasteiger partial charge in [0.25, 0.3) is 0 Å². The van der Waals surface area contributed by atoms with E-state index in [1.165, 1.54) is 44.1 Å². The van der Waals surface area contributed by atoms with Crippen molar-refractivity contribution in [3.8, 4) is 11.5 Å². The van der Waals surface area contributed by atoms with Crippen LogP contribution >= 0.6 is 39.1 Å². The monoisotopic (exact) mass is 551 g/mol. The molecule has 6 heteroatoms. The molecule has 2 unspecified atom stereocenters. The average molecular weight is 553 g/mol. The van der Waals surface area contributed by atoms with Crippen LogP contribution in [0.4, 0.5) is 0 Å². The molecule has 4 saturated carbocycles. The summed E-state index contributed by atoms with van der Waals surface area (Å²) in [6, 6.07) is 9.65. The second-order valence-electron chi connectivity index (χ2n) is 11.4. The fourth-order valence-electron chi connectivity index (χ4n) is 7.74. The third-order valence-corrected chi connectivity index (χ3v) is 9.15. The summed E-state index contributed by atoms with van der Waals surface area (Å²) in [6.07, 6.45) is 8.13. The fraction of sp³-hybridized carbons (Fsp3) is 0.556. The van der Waals surface area contributed by atoms with Gasteiger partial charge in [-0.05, 0) is 101 Å². The Bertz CT molecular complexity index is 1060. The quantitative estimate of drug-likeness (QED) is 0.375. The first-order valence-corrected chi connectivity index (χ1v) is 13.3. The molecule has 4 bridgehead atoms. The van der Waals surface area contributed by atoms with Gasteiger partial charge in [0, 0.05) is 27.7 Å². The van der Waals surface area contributed by atoms with Crippen LogP contribution in [-0.4, -0.2) is 12.6 Å². The standard InChI is InChI=1S/C27H32BrCl2NO2/c1-25-9-18-10-26(2,14-25)16-27(11-18,15-25)31-12-17-6-21(28)24(23(7-17)32-3)33-13-19-4-5-20(29)8-22(19)30/h4-8,18,31H,9-16H2,1-3H3. The Kier molecular flexibility index (Phi) is 6.21. The first-order chi connectivity index (χ1) is 15.6. The van der Waals surface area contributed by atoms with Gasteiger partial charge in [-0.25, -0.2) is 0 Å². The van der Waals surface area contributed by atoms with Gasteiger partial charge in [0.15, 0.2) is 11.5 Å². The molecule has 0 aliphatic heterocycles. The molecule has 33 heavy (non-hydrogen) atoms. The topological polar surface area (TPSA) is 30.5 Å². The van der Waals surface area contributed by atoms with Gasteiger partial charge < -0.3 is 14.8 Å². The van der Waals surface area contributed by atoms with Gasteiger partial charge in [-0.15, -0.1) is 0 Å². The Morgan fingerprint density at radius 3 is 2.39 bits per heavy atom. The van der Waals surface area contributed by atoms with Crippen LogP contribution in [0.5, 0.6) is 11.5 Å². The molecule has 0 aromatic heterocycles. The number of halogens is 3. The summed E-state index contributed by atoms with van der Waals surface area (Å²) in [5.74, 6) is 2.28. The lowest BCUT2D eigenvalue weighted by molar-refractivity contribution is -0.118. The predicted molar refractivity (Wildman–Crippen MR) is 138 cm³/mol. The van der Waals surface area contributed by atoms with Crippen LogP contribution in [0.25, 0.3) is 0 Å². The van der Waals surface area contributed by atoms with Gasteiger partial charge in [-0.1, -0.05) is 43.1 Å². The Labute approximate surface area is 215 Å². The molecule has 3 nitrogen and oxygen atoms in total. The maximum absolute atomic E-state index is 6.31. The lowest BCUT2D eigenvalue weighted by Gasteiger charge is -2.65. The molecule has 0 spiro atoms. The maximum atomic E-state index is 6.31. The molecule has 4 aliphatic rings. The highest BCUT2D eigenvalue weighted by Crippen LogP contribution is 2.66. The van der Waals surface area contributed by atoms with Crippen molar-refractivity contribution >= 4 is 39.1 Å². The van der Waals surface area contributed by atoms with E-state index in [1.54, 1.807) is 13.2 Å². The molecule has 1 N–H and O–H groups in total. The molecular formula is C27H32BrCl2NO2. The summed E-state index contributed by atoms with van der Waals surface area (Å²) in [5.41, 5.74) is 3.34. The summed E-state index contributed by atoms with van der Waals surface area (Å²) in [4.78, 5) is 0. The minimum absolute atomic E-state index is 0.267. The lowest BCUT2D eigenvalue weighted by atomic mass is 9.43. The van der Waals surface area contributed by atoms with Gasteiger partial charge in [0.2, 0.25) is 0 Å². The van der Waals surface area contributed by atoms with Crippen molar-refractivity contribution in [2.45, 2.75) is 71.1 Å². The normalized spacial score (nSPS) is 32.2. The number of ether oxygens (including phenoxy) is 2.